The maximum Gasteiger partial charge on any atom is 0.101 e. The Morgan fingerprint density at radius 1 is 0.412 bits per heavy atom. The Hall–Kier alpha value is -3.52. The van der Waals surface area contributed by atoms with Gasteiger partial charge in [0.1, 0.15) is 11.1 Å². The summed E-state index contributed by atoms with van der Waals surface area (Å²) in [4.78, 5) is 0. The first-order valence-corrected chi connectivity index (χ1v) is 12.5. The maximum atomic E-state index is 5.38. The van der Waals surface area contributed by atoms with Gasteiger partial charge >= 0.3 is 0 Å². The van der Waals surface area contributed by atoms with E-state index in [-0.39, 0.29) is 11.1 Å². The van der Waals surface area contributed by atoms with Gasteiger partial charge in [-0.15, -0.1) is 0 Å². The fourth-order valence-electron chi connectivity index (χ4n) is 8.09. The third-order valence-electron chi connectivity index (χ3n) is 9.24. The van der Waals surface area contributed by atoms with Crippen LogP contribution in [0.3, 0.4) is 0 Å². The molecule has 9 rings (SSSR count). The van der Waals surface area contributed by atoms with Crippen LogP contribution in [0.2, 0.25) is 0 Å². The summed E-state index contributed by atoms with van der Waals surface area (Å²) < 4.78 is 0. The SMILES string of the molecule is c1ccc(CC23N=NC(Cc4ccccc4)([C@H]4c5ccccc5[C@H]42)[C@H]2c4ccccc4[C@H]23)cc1. The second kappa shape index (κ2) is 6.54. The van der Waals surface area contributed by atoms with Crippen LogP contribution in [0.5, 0.6) is 0 Å². The lowest BCUT2D eigenvalue weighted by molar-refractivity contribution is -0.00126. The third-order valence-corrected chi connectivity index (χ3v) is 9.24. The monoisotopic (exact) mass is 438 g/mol. The highest BCUT2D eigenvalue weighted by atomic mass is 15.3. The molecule has 0 N–H and O–H groups in total. The van der Waals surface area contributed by atoms with Gasteiger partial charge in [-0.3, -0.25) is 0 Å². The van der Waals surface area contributed by atoms with Crippen LogP contribution in [0.15, 0.2) is 119 Å². The second-order valence-electron chi connectivity index (χ2n) is 10.7. The van der Waals surface area contributed by atoms with Gasteiger partial charge in [0.05, 0.1) is 0 Å². The molecule has 0 aromatic heterocycles. The number of azo groups is 1. The smallest absolute Gasteiger partial charge is 0.101 e. The molecular weight excluding hydrogens is 412 g/mol. The standard InChI is InChI=1S/C32H26N2/c1-3-11-21(12-4-1)19-31-27-23-15-7-9-17-25(23)29(27)32(34-33-31,20-22-13-5-2-6-14-22)30-26-18-10-8-16-24(26)28(30)31/h1-18,27-30H,19-20H2/t27-,28-,29+,30+,31?,32?. The van der Waals surface area contributed by atoms with Gasteiger partial charge in [0.25, 0.3) is 0 Å². The molecule has 2 aliphatic heterocycles. The Kier molecular flexibility index (Phi) is 3.63. The summed E-state index contributed by atoms with van der Waals surface area (Å²) in [5.74, 6) is 1.67. The summed E-state index contributed by atoms with van der Waals surface area (Å²) in [5, 5.41) is 10.8. The van der Waals surface area contributed by atoms with Crippen molar-refractivity contribution in [2.75, 3.05) is 0 Å². The Morgan fingerprint density at radius 2 is 0.706 bits per heavy atom. The van der Waals surface area contributed by atoms with Crippen molar-refractivity contribution in [3.63, 3.8) is 0 Å². The van der Waals surface area contributed by atoms with Crippen molar-refractivity contribution in [2.45, 2.75) is 47.6 Å². The van der Waals surface area contributed by atoms with Crippen molar-refractivity contribution in [3.8, 4) is 0 Å². The Labute approximate surface area is 200 Å². The molecule has 4 atom stereocenters. The molecule has 34 heavy (non-hydrogen) atoms. The van der Waals surface area contributed by atoms with Gasteiger partial charge in [-0.05, 0) is 33.4 Å². The molecule has 2 nitrogen and oxygen atoms in total. The summed E-state index contributed by atoms with van der Waals surface area (Å²) in [6, 6.07) is 40.2. The molecule has 0 amide bonds. The zero-order valence-electron chi connectivity index (χ0n) is 19.0. The molecule has 0 spiro atoms. The van der Waals surface area contributed by atoms with Crippen LogP contribution >= 0.6 is 0 Å². The normalized spacial score (nSPS) is 33.1. The van der Waals surface area contributed by atoms with Gasteiger partial charge in [-0.1, -0.05) is 109 Å². The highest BCUT2D eigenvalue weighted by Crippen LogP contribution is 2.78. The fourth-order valence-corrected chi connectivity index (χ4v) is 8.09. The predicted octanol–water partition coefficient (Wildman–Crippen LogP) is 7.19. The first-order chi connectivity index (χ1) is 16.8. The zero-order chi connectivity index (χ0) is 22.3. The first-order valence-electron chi connectivity index (χ1n) is 12.5. The van der Waals surface area contributed by atoms with Gasteiger partial charge in [-0.2, -0.15) is 10.2 Å². The van der Waals surface area contributed by atoms with Crippen LogP contribution in [-0.2, 0) is 12.8 Å². The number of rotatable bonds is 4. The lowest BCUT2D eigenvalue weighted by Gasteiger charge is -2.71. The highest BCUT2D eigenvalue weighted by Gasteiger charge is 2.76. The van der Waals surface area contributed by atoms with E-state index in [1.54, 1.807) is 0 Å². The summed E-state index contributed by atoms with van der Waals surface area (Å²) in [7, 11) is 0. The van der Waals surface area contributed by atoms with E-state index in [1.165, 1.54) is 33.4 Å². The predicted molar refractivity (Wildman–Crippen MR) is 134 cm³/mol. The lowest BCUT2D eigenvalue weighted by atomic mass is 9.35. The fraction of sp³-hybridized carbons (Fsp3) is 0.250. The molecular formula is C32H26N2. The van der Waals surface area contributed by atoms with E-state index in [1.807, 2.05) is 0 Å². The number of fused-ring (bicyclic) bond motifs is 2. The van der Waals surface area contributed by atoms with Crippen LogP contribution in [0.25, 0.3) is 0 Å². The van der Waals surface area contributed by atoms with E-state index in [4.69, 9.17) is 10.2 Å². The van der Waals surface area contributed by atoms with E-state index in [0.717, 1.165) is 12.8 Å². The molecule has 2 bridgehead atoms. The van der Waals surface area contributed by atoms with Crippen molar-refractivity contribution in [1.82, 2.24) is 0 Å². The molecule has 164 valence electrons. The molecule has 2 heteroatoms. The summed E-state index contributed by atoms with van der Waals surface area (Å²) in [6.45, 7) is 0. The van der Waals surface area contributed by atoms with Gasteiger partial charge in [0, 0.05) is 36.5 Å². The van der Waals surface area contributed by atoms with E-state index in [0.29, 0.717) is 23.7 Å². The summed E-state index contributed by atoms with van der Waals surface area (Å²) >= 11 is 0. The summed E-state index contributed by atoms with van der Waals surface area (Å²) in [5.41, 5.74) is 8.32. The van der Waals surface area contributed by atoms with Crippen LogP contribution in [0.1, 0.15) is 57.1 Å². The minimum absolute atomic E-state index is 0.210. The number of nitrogens with zero attached hydrogens (tertiary/aromatic N) is 2. The van der Waals surface area contributed by atoms with Crippen LogP contribution < -0.4 is 0 Å². The summed E-state index contributed by atoms with van der Waals surface area (Å²) in [6.07, 6.45) is 1.90. The van der Waals surface area contributed by atoms with Crippen molar-refractivity contribution >= 4 is 0 Å². The van der Waals surface area contributed by atoms with Crippen molar-refractivity contribution in [2.24, 2.45) is 10.2 Å². The molecule has 0 saturated heterocycles. The molecule has 3 aliphatic carbocycles. The van der Waals surface area contributed by atoms with E-state index in [9.17, 15) is 0 Å². The van der Waals surface area contributed by atoms with Gasteiger partial charge in [-0.25, -0.2) is 0 Å². The molecule has 1 saturated carbocycles. The highest BCUT2D eigenvalue weighted by molar-refractivity contribution is 5.64. The molecule has 4 aromatic carbocycles. The van der Waals surface area contributed by atoms with Crippen LogP contribution in [0.4, 0.5) is 0 Å². The first kappa shape index (κ1) is 18.9. The van der Waals surface area contributed by atoms with Crippen molar-refractivity contribution < 1.29 is 0 Å². The van der Waals surface area contributed by atoms with E-state index >= 15 is 0 Å². The Morgan fingerprint density at radius 3 is 1.03 bits per heavy atom. The van der Waals surface area contributed by atoms with Gasteiger partial charge in [0.15, 0.2) is 0 Å². The van der Waals surface area contributed by atoms with E-state index < -0.39 is 0 Å². The third kappa shape index (κ3) is 2.17. The minimum atomic E-state index is -0.210. The zero-order valence-corrected chi connectivity index (χ0v) is 19.0. The molecule has 5 aliphatic rings. The molecule has 4 aromatic rings. The lowest BCUT2D eigenvalue weighted by Crippen LogP contribution is -2.70. The molecule has 0 unspecified atom stereocenters. The average molecular weight is 439 g/mol. The van der Waals surface area contributed by atoms with Crippen LogP contribution in [-0.4, -0.2) is 11.1 Å². The maximum absolute atomic E-state index is 5.38. The number of hydrogen-bond acceptors (Lipinski definition) is 2. The largest absolute Gasteiger partial charge is 0.185 e. The van der Waals surface area contributed by atoms with E-state index in [2.05, 4.69) is 109 Å². The van der Waals surface area contributed by atoms with Crippen molar-refractivity contribution in [1.29, 1.82) is 0 Å². The quantitative estimate of drug-likeness (QED) is 0.322. The average Bonchev–Trinajstić information content (AvgIpc) is 2.85. The minimum Gasteiger partial charge on any atom is -0.185 e. The van der Waals surface area contributed by atoms with Gasteiger partial charge < -0.3 is 0 Å². The topological polar surface area (TPSA) is 24.7 Å². The molecule has 2 heterocycles. The number of benzene rings is 4. The van der Waals surface area contributed by atoms with Crippen molar-refractivity contribution in [3.05, 3.63) is 143 Å². The van der Waals surface area contributed by atoms with Crippen LogP contribution in [0, 0.1) is 0 Å². The Bertz CT molecular complexity index is 1270. The Balaban J connectivity index is 1.38. The molecule has 0 radical (unpaired) electrons. The number of hydrogen-bond donors (Lipinski definition) is 0. The molecule has 1 fully saturated rings. The van der Waals surface area contributed by atoms with Gasteiger partial charge in [0.2, 0.25) is 0 Å². The second-order valence-corrected chi connectivity index (χ2v) is 10.7.